The molecule has 0 spiro atoms. The average Bonchev–Trinajstić information content (AvgIpc) is 2.47. The van der Waals surface area contributed by atoms with E-state index in [0.717, 1.165) is 22.6 Å². The highest BCUT2D eigenvalue weighted by Crippen LogP contribution is 2.19. The van der Waals surface area contributed by atoms with Crippen LogP contribution in [-0.4, -0.2) is 17.9 Å². The first-order valence-electron chi connectivity index (χ1n) is 7.15. The van der Waals surface area contributed by atoms with Gasteiger partial charge in [0.15, 0.2) is 0 Å². The smallest absolute Gasteiger partial charge is 0.234 e. The minimum absolute atomic E-state index is 0.0516. The molecule has 0 aliphatic heterocycles. The fourth-order valence-corrected chi connectivity index (χ4v) is 3.42. The summed E-state index contributed by atoms with van der Waals surface area (Å²) in [4.78, 5) is 13.3. The predicted octanol–water partition coefficient (Wildman–Crippen LogP) is 4.90. The lowest BCUT2D eigenvalue weighted by atomic mass is 10.1. The lowest BCUT2D eigenvalue weighted by Gasteiger charge is -2.08. The minimum Gasteiger partial charge on any atom is -0.325 e. The molecule has 22 heavy (non-hydrogen) atoms. The molecule has 4 heteroatoms. The highest BCUT2D eigenvalue weighted by Gasteiger charge is 2.04. The Morgan fingerprint density at radius 1 is 1.05 bits per heavy atom. The van der Waals surface area contributed by atoms with Crippen LogP contribution in [0.15, 0.2) is 47.4 Å². The van der Waals surface area contributed by atoms with Gasteiger partial charge in [-0.1, -0.05) is 18.2 Å². The van der Waals surface area contributed by atoms with Gasteiger partial charge in [-0.3, -0.25) is 4.79 Å². The third kappa shape index (κ3) is 5.43. The van der Waals surface area contributed by atoms with Crippen molar-refractivity contribution < 1.29 is 4.79 Å². The summed E-state index contributed by atoms with van der Waals surface area (Å²) in [5, 5.41) is 2.96. The molecule has 2 aromatic carbocycles. The molecule has 116 valence electrons. The maximum atomic E-state index is 12.0. The first kappa shape index (κ1) is 17.0. The lowest BCUT2D eigenvalue weighted by molar-refractivity contribution is -0.113. The number of benzene rings is 2. The number of carbonyl (C=O) groups excluding carboxylic acids is 1. The van der Waals surface area contributed by atoms with Crippen LogP contribution in [0.5, 0.6) is 0 Å². The molecule has 2 rings (SSSR count). The van der Waals surface area contributed by atoms with E-state index < -0.39 is 0 Å². The number of carbonyl (C=O) groups is 1. The second kappa shape index (κ2) is 8.30. The zero-order valence-corrected chi connectivity index (χ0v) is 14.8. The Balaban J connectivity index is 1.79. The van der Waals surface area contributed by atoms with Crippen molar-refractivity contribution in [2.45, 2.75) is 24.5 Å². The topological polar surface area (TPSA) is 29.1 Å². The van der Waals surface area contributed by atoms with Crippen molar-refractivity contribution in [2.75, 3.05) is 17.3 Å². The summed E-state index contributed by atoms with van der Waals surface area (Å²) in [7, 11) is 0. The van der Waals surface area contributed by atoms with E-state index in [-0.39, 0.29) is 5.91 Å². The summed E-state index contributed by atoms with van der Waals surface area (Å²) in [5.74, 6) is 1.38. The number of aryl methyl sites for hydroxylation is 2. The molecule has 0 heterocycles. The highest BCUT2D eigenvalue weighted by atomic mass is 32.2. The van der Waals surface area contributed by atoms with E-state index in [9.17, 15) is 4.79 Å². The number of nitrogens with one attached hydrogen (secondary N) is 1. The summed E-state index contributed by atoms with van der Waals surface area (Å²) in [6, 6.07) is 14.6. The van der Waals surface area contributed by atoms with Crippen LogP contribution in [-0.2, 0) is 10.5 Å². The summed E-state index contributed by atoms with van der Waals surface area (Å²) < 4.78 is 0. The molecular weight excluding hydrogens is 310 g/mol. The normalized spacial score (nSPS) is 10.5. The second-order valence-electron chi connectivity index (χ2n) is 5.27. The van der Waals surface area contributed by atoms with Crippen molar-refractivity contribution in [1.82, 2.24) is 0 Å². The Morgan fingerprint density at radius 2 is 1.68 bits per heavy atom. The Bertz CT molecular complexity index is 618. The second-order valence-corrected chi connectivity index (χ2v) is 7.13. The van der Waals surface area contributed by atoms with E-state index >= 15 is 0 Å². The summed E-state index contributed by atoms with van der Waals surface area (Å²) in [5.41, 5.74) is 4.46. The van der Waals surface area contributed by atoms with Gasteiger partial charge in [0.2, 0.25) is 5.91 Å². The average molecular weight is 332 g/mol. The Morgan fingerprint density at radius 3 is 2.27 bits per heavy atom. The Kier molecular flexibility index (Phi) is 6.40. The first-order chi connectivity index (χ1) is 10.6. The highest BCUT2D eigenvalue weighted by molar-refractivity contribution is 7.99. The molecule has 2 nitrogen and oxygen atoms in total. The van der Waals surface area contributed by atoms with Gasteiger partial charge in [0.25, 0.3) is 0 Å². The molecule has 2 aromatic rings. The molecule has 0 saturated carbocycles. The molecule has 0 aromatic heterocycles. The number of hydrogen-bond acceptors (Lipinski definition) is 3. The van der Waals surface area contributed by atoms with Gasteiger partial charge >= 0.3 is 0 Å². The van der Waals surface area contributed by atoms with Gasteiger partial charge in [-0.05, 0) is 61.1 Å². The monoisotopic (exact) mass is 331 g/mol. The van der Waals surface area contributed by atoms with E-state index in [2.05, 4.69) is 41.9 Å². The SMILES string of the molecule is CSc1ccc(CSCC(=O)Nc2cc(C)cc(C)c2)cc1. The van der Waals surface area contributed by atoms with Gasteiger partial charge in [-0.15, -0.1) is 23.5 Å². The quantitative estimate of drug-likeness (QED) is 0.764. The van der Waals surface area contributed by atoms with Crippen molar-refractivity contribution in [3.05, 3.63) is 59.2 Å². The van der Waals surface area contributed by atoms with Crippen LogP contribution >= 0.6 is 23.5 Å². The largest absolute Gasteiger partial charge is 0.325 e. The van der Waals surface area contributed by atoms with Crippen LogP contribution in [0.3, 0.4) is 0 Å². The maximum absolute atomic E-state index is 12.0. The van der Waals surface area contributed by atoms with Crippen LogP contribution < -0.4 is 5.32 Å². The molecule has 1 amide bonds. The number of amides is 1. The van der Waals surface area contributed by atoms with Gasteiger partial charge in [0.1, 0.15) is 0 Å². The van der Waals surface area contributed by atoms with E-state index in [0.29, 0.717) is 5.75 Å². The molecule has 0 atom stereocenters. The zero-order valence-electron chi connectivity index (χ0n) is 13.2. The predicted molar refractivity (Wildman–Crippen MR) is 98.9 cm³/mol. The molecule has 0 unspecified atom stereocenters. The minimum atomic E-state index is 0.0516. The van der Waals surface area contributed by atoms with Crippen LogP contribution in [0, 0.1) is 13.8 Å². The fraction of sp³-hybridized carbons (Fsp3) is 0.278. The van der Waals surface area contributed by atoms with Gasteiger partial charge in [-0.25, -0.2) is 0 Å². The summed E-state index contributed by atoms with van der Waals surface area (Å²) in [6.07, 6.45) is 2.07. The van der Waals surface area contributed by atoms with Crippen molar-refractivity contribution in [3.8, 4) is 0 Å². The lowest BCUT2D eigenvalue weighted by Crippen LogP contribution is -2.14. The van der Waals surface area contributed by atoms with Crippen LogP contribution in [0.2, 0.25) is 0 Å². The summed E-state index contributed by atoms with van der Waals surface area (Å²) >= 11 is 3.38. The Hall–Kier alpha value is -1.39. The summed E-state index contributed by atoms with van der Waals surface area (Å²) in [6.45, 7) is 4.07. The molecule has 0 saturated heterocycles. The number of thioether (sulfide) groups is 2. The molecule has 1 N–H and O–H groups in total. The van der Waals surface area contributed by atoms with Crippen molar-refractivity contribution >= 4 is 35.1 Å². The third-order valence-corrected chi connectivity index (χ3v) is 4.91. The maximum Gasteiger partial charge on any atom is 0.234 e. The zero-order chi connectivity index (χ0) is 15.9. The fourth-order valence-electron chi connectivity index (χ4n) is 2.23. The van der Waals surface area contributed by atoms with Gasteiger partial charge in [0.05, 0.1) is 5.75 Å². The molecule has 0 bridgehead atoms. The number of anilines is 1. The van der Waals surface area contributed by atoms with E-state index in [4.69, 9.17) is 0 Å². The van der Waals surface area contributed by atoms with Gasteiger partial charge < -0.3 is 5.32 Å². The first-order valence-corrected chi connectivity index (χ1v) is 9.53. The van der Waals surface area contributed by atoms with Gasteiger partial charge in [0, 0.05) is 16.3 Å². The van der Waals surface area contributed by atoms with Crippen molar-refractivity contribution in [1.29, 1.82) is 0 Å². The third-order valence-electron chi connectivity index (χ3n) is 3.17. The van der Waals surface area contributed by atoms with Crippen LogP contribution in [0.25, 0.3) is 0 Å². The number of hydrogen-bond donors (Lipinski definition) is 1. The standard InChI is InChI=1S/C18H21NOS2/c1-13-8-14(2)10-16(9-13)19-18(20)12-22-11-15-4-6-17(21-3)7-5-15/h4-10H,11-12H2,1-3H3,(H,19,20). The van der Waals surface area contributed by atoms with E-state index in [1.165, 1.54) is 10.5 Å². The van der Waals surface area contributed by atoms with Gasteiger partial charge in [-0.2, -0.15) is 0 Å². The molecule has 0 aliphatic rings. The Labute approximate surface area is 141 Å². The van der Waals surface area contributed by atoms with Crippen molar-refractivity contribution in [3.63, 3.8) is 0 Å². The number of rotatable bonds is 6. The van der Waals surface area contributed by atoms with Crippen LogP contribution in [0.1, 0.15) is 16.7 Å². The molecule has 0 radical (unpaired) electrons. The van der Waals surface area contributed by atoms with Crippen molar-refractivity contribution in [2.24, 2.45) is 0 Å². The van der Waals surface area contributed by atoms with Crippen LogP contribution in [0.4, 0.5) is 5.69 Å². The molecule has 0 aliphatic carbocycles. The van der Waals surface area contributed by atoms with E-state index in [1.807, 2.05) is 26.0 Å². The van der Waals surface area contributed by atoms with E-state index in [1.54, 1.807) is 23.5 Å². The molecular formula is C18H21NOS2. The molecule has 0 fully saturated rings.